The molecule has 1 aliphatic heterocycles. The highest BCUT2D eigenvalue weighted by atomic mass is 16.1. The van der Waals surface area contributed by atoms with Gasteiger partial charge in [-0.1, -0.05) is 48.0 Å². The van der Waals surface area contributed by atoms with Crippen molar-refractivity contribution in [2.24, 2.45) is 5.73 Å². The van der Waals surface area contributed by atoms with Gasteiger partial charge in [0, 0.05) is 5.56 Å². The molecule has 0 bridgehead atoms. The third-order valence-corrected chi connectivity index (χ3v) is 4.38. The molecule has 118 valence electrons. The van der Waals surface area contributed by atoms with E-state index in [-0.39, 0.29) is 5.91 Å². The number of nitrogens with two attached hydrogens (primary N) is 1. The van der Waals surface area contributed by atoms with E-state index in [0.29, 0.717) is 5.56 Å². The average Bonchev–Trinajstić information content (AvgIpc) is 2.61. The van der Waals surface area contributed by atoms with Gasteiger partial charge in [-0.2, -0.15) is 0 Å². The van der Waals surface area contributed by atoms with Crippen LogP contribution in [-0.4, -0.2) is 19.0 Å². The van der Waals surface area contributed by atoms with Gasteiger partial charge in [0.05, 0.1) is 0 Å². The number of piperidine rings is 1. The fourth-order valence-corrected chi connectivity index (χ4v) is 3.09. The number of primary amides is 1. The molecule has 0 spiro atoms. The number of allylic oxidation sites excluding steroid dienone is 1. The monoisotopic (exact) mass is 306 g/mol. The van der Waals surface area contributed by atoms with Gasteiger partial charge in [-0.05, 0) is 61.2 Å². The molecule has 0 atom stereocenters. The maximum absolute atomic E-state index is 11.2. The van der Waals surface area contributed by atoms with Crippen LogP contribution in [0.2, 0.25) is 0 Å². The summed E-state index contributed by atoms with van der Waals surface area (Å²) >= 11 is 0. The number of benzene rings is 2. The Balaban J connectivity index is 1.91. The summed E-state index contributed by atoms with van der Waals surface area (Å²) in [6.07, 6.45) is 3.09. The third kappa shape index (κ3) is 3.88. The fourth-order valence-electron chi connectivity index (χ4n) is 3.09. The van der Waals surface area contributed by atoms with Crippen LogP contribution in [0.15, 0.2) is 60.2 Å². The predicted molar refractivity (Wildman–Crippen MR) is 94.1 cm³/mol. The zero-order chi connectivity index (χ0) is 16.1. The van der Waals surface area contributed by atoms with Gasteiger partial charge in [0.15, 0.2) is 0 Å². The molecule has 0 unspecified atom stereocenters. The van der Waals surface area contributed by atoms with Crippen LogP contribution in [0.4, 0.5) is 0 Å². The fraction of sp³-hybridized carbons (Fsp3) is 0.250. The Morgan fingerprint density at radius 2 is 1.57 bits per heavy atom. The van der Waals surface area contributed by atoms with Crippen LogP contribution < -0.4 is 11.1 Å². The van der Waals surface area contributed by atoms with Gasteiger partial charge in [0.25, 0.3) is 0 Å². The number of hydrogen-bond acceptors (Lipinski definition) is 2. The summed E-state index contributed by atoms with van der Waals surface area (Å²) in [4.78, 5) is 11.2. The maximum Gasteiger partial charge on any atom is 0.248 e. The SMILES string of the molecule is NC(=O)c1ccc(CC(=C2CCNCC2)c2ccccc2)cc1. The lowest BCUT2D eigenvalue weighted by molar-refractivity contribution is 0.100. The minimum atomic E-state index is -0.378. The van der Waals surface area contributed by atoms with E-state index in [0.717, 1.165) is 32.4 Å². The highest BCUT2D eigenvalue weighted by Gasteiger charge is 2.13. The van der Waals surface area contributed by atoms with E-state index in [2.05, 4.69) is 35.6 Å². The minimum absolute atomic E-state index is 0.378. The first kappa shape index (κ1) is 15.5. The van der Waals surface area contributed by atoms with Crippen molar-refractivity contribution < 1.29 is 4.79 Å². The average molecular weight is 306 g/mol. The summed E-state index contributed by atoms with van der Waals surface area (Å²) in [6, 6.07) is 18.2. The van der Waals surface area contributed by atoms with Crippen molar-refractivity contribution in [2.45, 2.75) is 19.3 Å². The molecule has 23 heavy (non-hydrogen) atoms. The number of amides is 1. The Morgan fingerprint density at radius 3 is 2.17 bits per heavy atom. The molecule has 1 heterocycles. The van der Waals surface area contributed by atoms with Gasteiger partial charge in [0.2, 0.25) is 5.91 Å². The van der Waals surface area contributed by atoms with Crippen LogP contribution in [0, 0.1) is 0 Å². The van der Waals surface area contributed by atoms with Gasteiger partial charge >= 0.3 is 0 Å². The molecule has 3 heteroatoms. The van der Waals surface area contributed by atoms with Crippen LogP contribution in [0.25, 0.3) is 5.57 Å². The summed E-state index contributed by atoms with van der Waals surface area (Å²) in [6.45, 7) is 2.10. The first-order valence-electron chi connectivity index (χ1n) is 8.10. The van der Waals surface area contributed by atoms with Crippen LogP contribution in [0.5, 0.6) is 0 Å². The summed E-state index contributed by atoms with van der Waals surface area (Å²) in [5.74, 6) is -0.378. The largest absolute Gasteiger partial charge is 0.366 e. The van der Waals surface area contributed by atoms with Crippen molar-refractivity contribution >= 4 is 11.5 Å². The molecule has 3 nitrogen and oxygen atoms in total. The molecular formula is C20H22N2O. The van der Waals surface area contributed by atoms with Crippen molar-refractivity contribution in [1.29, 1.82) is 0 Å². The molecule has 0 aliphatic carbocycles. The highest BCUT2D eigenvalue weighted by Crippen LogP contribution is 2.28. The summed E-state index contributed by atoms with van der Waals surface area (Å²) in [7, 11) is 0. The molecule has 1 saturated heterocycles. The number of nitrogens with one attached hydrogen (secondary N) is 1. The van der Waals surface area contributed by atoms with E-state index in [1.54, 1.807) is 0 Å². The van der Waals surface area contributed by atoms with Crippen molar-refractivity contribution in [3.8, 4) is 0 Å². The molecule has 2 aromatic rings. The third-order valence-electron chi connectivity index (χ3n) is 4.38. The van der Waals surface area contributed by atoms with E-state index in [1.165, 1.54) is 22.3 Å². The predicted octanol–water partition coefficient (Wildman–Crippen LogP) is 3.17. The number of carbonyl (C=O) groups excluding carboxylic acids is 1. The molecule has 0 aromatic heterocycles. The minimum Gasteiger partial charge on any atom is -0.366 e. The summed E-state index contributed by atoms with van der Waals surface area (Å²) < 4.78 is 0. The quantitative estimate of drug-likeness (QED) is 0.911. The Labute approximate surface area is 137 Å². The van der Waals surface area contributed by atoms with Crippen LogP contribution >= 0.6 is 0 Å². The Hall–Kier alpha value is -2.39. The van der Waals surface area contributed by atoms with E-state index in [1.807, 2.05) is 24.3 Å². The molecule has 3 rings (SSSR count). The summed E-state index contributed by atoms with van der Waals surface area (Å²) in [5, 5.41) is 3.42. The topological polar surface area (TPSA) is 55.1 Å². The second-order valence-electron chi connectivity index (χ2n) is 5.94. The second-order valence-corrected chi connectivity index (χ2v) is 5.94. The molecular weight excluding hydrogens is 284 g/mol. The number of hydrogen-bond donors (Lipinski definition) is 2. The van der Waals surface area contributed by atoms with E-state index >= 15 is 0 Å². The Kier molecular flexibility index (Phi) is 4.89. The first-order valence-corrected chi connectivity index (χ1v) is 8.10. The second kappa shape index (κ2) is 7.25. The van der Waals surface area contributed by atoms with Gasteiger partial charge in [-0.25, -0.2) is 0 Å². The van der Waals surface area contributed by atoms with E-state index in [4.69, 9.17) is 5.73 Å². The highest BCUT2D eigenvalue weighted by molar-refractivity contribution is 5.92. The zero-order valence-electron chi connectivity index (χ0n) is 13.2. The Morgan fingerprint density at radius 1 is 0.913 bits per heavy atom. The van der Waals surface area contributed by atoms with Gasteiger partial charge < -0.3 is 11.1 Å². The van der Waals surface area contributed by atoms with E-state index < -0.39 is 0 Å². The van der Waals surface area contributed by atoms with Gasteiger partial charge in [-0.15, -0.1) is 0 Å². The zero-order valence-corrected chi connectivity index (χ0v) is 13.2. The van der Waals surface area contributed by atoms with Crippen molar-refractivity contribution in [2.75, 3.05) is 13.1 Å². The number of carbonyl (C=O) groups is 1. The van der Waals surface area contributed by atoms with Crippen molar-refractivity contribution in [3.05, 3.63) is 76.9 Å². The van der Waals surface area contributed by atoms with Crippen LogP contribution in [0.3, 0.4) is 0 Å². The van der Waals surface area contributed by atoms with Gasteiger partial charge in [-0.3, -0.25) is 4.79 Å². The van der Waals surface area contributed by atoms with Gasteiger partial charge in [0.1, 0.15) is 0 Å². The number of rotatable bonds is 4. The normalized spacial score (nSPS) is 14.5. The van der Waals surface area contributed by atoms with Crippen LogP contribution in [0.1, 0.15) is 34.3 Å². The Bertz CT molecular complexity index is 694. The molecule has 1 amide bonds. The maximum atomic E-state index is 11.2. The molecule has 1 fully saturated rings. The van der Waals surface area contributed by atoms with Crippen LogP contribution in [-0.2, 0) is 6.42 Å². The lowest BCUT2D eigenvalue weighted by Crippen LogP contribution is -2.24. The van der Waals surface area contributed by atoms with Crippen molar-refractivity contribution in [1.82, 2.24) is 5.32 Å². The smallest absolute Gasteiger partial charge is 0.248 e. The standard InChI is InChI=1S/C20H22N2O/c21-20(23)18-8-6-15(7-9-18)14-19(16-4-2-1-3-5-16)17-10-12-22-13-11-17/h1-9,22H,10-14H2,(H2,21,23). The summed E-state index contributed by atoms with van der Waals surface area (Å²) in [5.41, 5.74) is 11.3. The molecule has 0 radical (unpaired) electrons. The lowest BCUT2D eigenvalue weighted by atomic mass is 9.89. The van der Waals surface area contributed by atoms with Crippen molar-refractivity contribution in [3.63, 3.8) is 0 Å². The molecule has 1 aliphatic rings. The molecule has 0 saturated carbocycles. The molecule has 2 aromatic carbocycles. The lowest BCUT2D eigenvalue weighted by Gasteiger charge is -2.21. The first-order chi connectivity index (χ1) is 11.2. The molecule has 3 N–H and O–H groups in total. The van der Waals surface area contributed by atoms with E-state index in [9.17, 15) is 4.79 Å².